The van der Waals surface area contributed by atoms with E-state index in [0.29, 0.717) is 13.0 Å². The Morgan fingerprint density at radius 3 is 2.31 bits per heavy atom. The Morgan fingerprint density at radius 2 is 1.69 bits per heavy atom. The van der Waals surface area contributed by atoms with Crippen LogP contribution in [0, 0.1) is 0 Å². The smallest absolute Gasteiger partial charge is 0.305 e. The van der Waals surface area contributed by atoms with Gasteiger partial charge in [0.25, 0.3) is 0 Å². The number of unbranched alkanes of at least 4 members (excludes halogenated alkanes) is 5. The standard InChI is InChI=1S/C14H26O2/c1-3-5-6-7-8-9-10-11-12-13-16-14(15)4-2/h9-10H,3-8,11-13H2,1-2H3/b10-9+. The highest BCUT2D eigenvalue weighted by molar-refractivity contribution is 5.68. The molecule has 0 amide bonds. The maximum Gasteiger partial charge on any atom is 0.305 e. The molecular weight excluding hydrogens is 200 g/mol. The van der Waals surface area contributed by atoms with E-state index in [-0.39, 0.29) is 5.97 Å². The minimum Gasteiger partial charge on any atom is -0.466 e. The second-order valence-corrected chi connectivity index (χ2v) is 4.04. The number of ether oxygens (including phenoxy) is 1. The van der Waals surface area contributed by atoms with Gasteiger partial charge in [0, 0.05) is 6.42 Å². The molecule has 16 heavy (non-hydrogen) atoms. The van der Waals surface area contributed by atoms with Crippen molar-refractivity contribution in [3.8, 4) is 0 Å². The van der Waals surface area contributed by atoms with Crippen LogP contribution in [0.5, 0.6) is 0 Å². The van der Waals surface area contributed by atoms with Gasteiger partial charge in [0.2, 0.25) is 0 Å². The van der Waals surface area contributed by atoms with E-state index in [2.05, 4.69) is 19.1 Å². The highest BCUT2D eigenvalue weighted by Crippen LogP contribution is 2.03. The van der Waals surface area contributed by atoms with Crippen LogP contribution in [0.1, 0.15) is 65.2 Å². The fourth-order valence-corrected chi connectivity index (χ4v) is 1.41. The zero-order valence-electron chi connectivity index (χ0n) is 10.8. The summed E-state index contributed by atoms with van der Waals surface area (Å²) >= 11 is 0. The van der Waals surface area contributed by atoms with Crippen LogP contribution < -0.4 is 0 Å². The van der Waals surface area contributed by atoms with E-state index in [1.165, 1.54) is 32.1 Å². The molecule has 0 atom stereocenters. The molecule has 0 saturated carbocycles. The Hall–Kier alpha value is -0.790. The molecule has 0 aliphatic carbocycles. The van der Waals surface area contributed by atoms with E-state index in [9.17, 15) is 4.79 Å². The topological polar surface area (TPSA) is 26.3 Å². The van der Waals surface area contributed by atoms with Crippen LogP contribution in [0.15, 0.2) is 12.2 Å². The van der Waals surface area contributed by atoms with Crippen molar-refractivity contribution in [2.45, 2.75) is 65.2 Å². The first-order valence-electron chi connectivity index (χ1n) is 6.61. The van der Waals surface area contributed by atoms with Gasteiger partial charge in [0.1, 0.15) is 0 Å². The van der Waals surface area contributed by atoms with E-state index in [1.807, 2.05) is 6.92 Å². The van der Waals surface area contributed by atoms with E-state index < -0.39 is 0 Å². The van der Waals surface area contributed by atoms with Gasteiger partial charge >= 0.3 is 5.97 Å². The molecule has 0 aromatic heterocycles. The molecule has 0 rings (SSSR count). The number of rotatable bonds is 10. The Morgan fingerprint density at radius 1 is 1.00 bits per heavy atom. The summed E-state index contributed by atoms with van der Waals surface area (Å²) in [5.41, 5.74) is 0. The minimum atomic E-state index is -0.0939. The van der Waals surface area contributed by atoms with Crippen molar-refractivity contribution < 1.29 is 9.53 Å². The number of esters is 1. The van der Waals surface area contributed by atoms with Crippen molar-refractivity contribution >= 4 is 5.97 Å². The maximum absolute atomic E-state index is 10.8. The maximum atomic E-state index is 10.8. The van der Waals surface area contributed by atoms with Crippen molar-refractivity contribution in [3.63, 3.8) is 0 Å². The average Bonchev–Trinajstić information content (AvgIpc) is 2.31. The van der Waals surface area contributed by atoms with Gasteiger partial charge in [-0.05, 0) is 25.7 Å². The molecule has 0 fully saturated rings. The third kappa shape index (κ3) is 11.3. The van der Waals surface area contributed by atoms with Crippen LogP contribution in [-0.4, -0.2) is 12.6 Å². The second kappa shape index (κ2) is 12.3. The summed E-state index contributed by atoms with van der Waals surface area (Å²) in [7, 11) is 0. The molecule has 0 heterocycles. The molecule has 0 aliphatic heterocycles. The van der Waals surface area contributed by atoms with Crippen molar-refractivity contribution in [2.24, 2.45) is 0 Å². The Bertz CT molecular complexity index is 185. The monoisotopic (exact) mass is 226 g/mol. The summed E-state index contributed by atoms with van der Waals surface area (Å²) in [6, 6.07) is 0. The molecule has 0 bridgehead atoms. The normalized spacial score (nSPS) is 10.9. The molecule has 94 valence electrons. The van der Waals surface area contributed by atoms with Crippen LogP contribution >= 0.6 is 0 Å². The molecular formula is C14H26O2. The predicted octanol–water partition coefficient (Wildman–Crippen LogP) is 4.25. The molecule has 0 aromatic rings. The second-order valence-electron chi connectivity index (χ2n) is 4.04. The highest BCUT2D eigenvalue weighted by atomic mass is 16.5. The van der Waals surface area contributed by atoms with Gasteiger partial charge in [-0.25, -0.2) is 0 Å². The highest BCUT2D eigenvalue weighted by Gasteiger charge is 1.95. The summed E-state index contributed by atoms with van der Waals surface area (Å²) < 4.78 is 4.98. The van der Waals surface area contributed by atoms with Crippen LogP contribution in [0.2, 0.25) is 0 Å². The Kier molecular flexibility index (Phi) is 11.7. The molecule has 0 aliphatic rings. The van der Waals surface area contributed by atoms with E-state index >= 15 is 0 Å². The third-order valence-electron chi connectivity index (χ3n) is 2.46. The zero-order valence-corrected chi connectivity index (χ0v) is 10.8. The molecule has 0 N–H and O–H groups in total. The van der Waals surface area contributed by atoms with Gasteiger partial charge in [-0.15, -0.1) is 0 Å². The summed E-state index contributed by atoms with van der Waals surface area (Å²) in [6.07, 6.45) is 13.4. The zero-order chi connectivity index (χ0) is 12.1. The Labute approximate surface area is 100 Å². The van der Waals surface area contributed by atoms with Gasteiger partial charge < -0.3 is 4.74 Å². The molecule has 2 heteroatoms. The molecule has 2 nitrogen and oxygen atoms in total. The molecule has 0 saturated heterocycles. The van der Waals surface area contributed by atoms with E-state index in [4.69, 9.17) is 4.74 Å². The van der Waals surface area contributed by atoms with Crippen LogP contribution in [0.25, 0.3) is 0 Å². The lowest BCUT2D eigenvalue weighted by atomic mass is 10.1. The minimum absolute atomic E-state index is 0.0939. The predicted molar refractivity (Wildman–Crippen MR) is 68.4 cm³/mol. The fourth-order valence-electron chi connectivity index (χ4n) is 1.41. The lowest BCUT2D eigenvalue weighted by Crippen LogP contribution is -2.03. The summed E-state index contributed by atoms with van der Waals surface area (Å²) in [4.78, 5) is 10.8. The third-order valence-corrected chi connectivity index (χ3v) is 2.46. The molecule has 0 aromatic carbocycles. The fraction of sp³-hybridized carbons (Fsp3) is 0.786. The number of carbonyl (C=O) groups excluding carboxylic acids is 1. The lowest BCUT2D eigenvalue weighted by Gasteiger charge is -2.00. The first kappa shape index (κ1) is 15.2. The summed E-state index contributed by atoms with van der Waals surface area (Å²) in [5, 5.41) is 0. The Balaban J connectivity index is 3.12. The SMILES string of the molecule is CCCCCC/C=C/CCCOC(=O)CC. The van der Waals surface area contributed by atoms with Gasteiger partial charge in [-0.3, -0.25) is 4.79 Å². The van der Waals surface area contributed by atoms with Crippen molar-refractivity contribution in [3.05, 3.63) is 12.2 Å². The van der Waals surface area contributed by atoms with Gasteiger partial charge in [0.15, 0.2) is 0 Å². The first-order valence-corrected chi connectivity index (χ1v) is 6.61. The van der Waals surface area contributed by atoms with Gasteiger partial charge in [-0.2, -0.15) is 0 Å². The van der Waals surface area contributed by atoms with Crippen molar-refractivity contribution in [1.82, 2.24) is 0 Å². The largest absolute Gasteiger partial charge is 0.466 e. The van der Waals surface area contributed by atoms with Gasteiger partial charge in [-0.1, -0.05) is 45.3 Å². The average molecular weight is 226 g/mol. The number of carbonyl (C=O) groups is 1. The van der Waals surface area contributed by atoms with Crippen LogP contribution in [-0.2, 0) is 9.53 Å². The first-order chi connectivity index (χ1) is 7.81. The van der Waals surface area contributed by atoms with E-state index in [0.717, 1.165) is 12.8 Å². The number of hydrogen-bond acceptors (Lipinski definition) is 2. The van der Waals surface area contributed by atoms with E-state index in [1.54, 1.807) is 0 Å². The molecule has 0 unspecified atom stereocenters. The molecule has 0 radical (unpaired) electrons. The van der Waals surface area contributed by atoms with Crippen LogP contribution in [0.3, 0.4) is 0 Å². The van der Waals surface area contributed by atoms with Crippen LogP contribution in [0.4, 0.5) is 0 Å². The van der Waals surface area contributed by atoms with Crippen molar-refractivity contribution in [2.75, 3.05) is 6.61 Å². The quantitative estimate of drug-likeness (QED) is 0.316. The van der Waals surface area contributed by atoms with Gasteiger partial charge in [0.05, 0.1) is 6.61 Å². The molecule has 0 spiro atoms. The summed E-state index contributed by atoms with van der Waals surface area (Å²) in [5.74, 6) is -0.0939. The van der Waals surface area contributed by atoms with Crippen molar-refractivity contribution in [1.29, 1.82) is 0 Å². The summed E-state index contributed by atoms with van der Waals surface area (Å²) in [6.45, 7) is 4.61. The lowest BCUT2D eigenvalue weighted by molar-refractivity contribution is -0.143. The number of allylic oxidation sites excluding steroid dienone is 2. The number of hydrogen-bond donors (Lipinski definition) is 0.